The molecule has 0 fully saturated rings. The van der Waals surface area contributed by atoms with E-state index in [1.54, 1.807) is 47.3 Å². The molecule has 1 N–H and O–H groups in total. The lowest BCUT2D eigenvalue weighted by Gasteiger charge is -1.99. The number of nitrogens with zero attached hydrogens (tertiary/aromatic N) is 2. The summed E-state index contributed by atoms with van der Waals surface area (Å²) >= 11 is 0. The fourth-order valence-corrected chi connectivity index (χ4v) is 2.22. The van der Waals surface area contributed by atoms with Gasteiger partial charge in [-0.05, 0) is 30.3 Å². The van der Waals surface area contributed by atoms with E-state index in [2.05, 4.69) is 10.4 Å². The van der Waals surface area contributed by atoms with Crippen LogP contribution in [0.15, 0.2) is 59.3 Å². The normalized spacial score (nSPS) is 11.1. The summed E-state index contributed by atoms with van der Waals surface area (Å²) in [4.78, 5) is 11.8. The lowest BCUT2D eigenvalue weighted by atomic mass is 10.1. The lowest BCUT2D eigenvalue weighted by molar-refractivity contribution is -0.116. The zero-order valence-corrected chi connectivity index (χ0v) is 13.1. The quantitative estimate of drug-likeness (QED) is 0.733. The van der Waals surface area contributed by atoms with E-state index in [9.17, 15) is 9.18 Å². The SMILES string of the molecule is Cn1cc(CNC(=O)/C=C/c2ccc(-c3ccccc3F)o2)cn1. The number of furan rings is 1. The second kappa shape index (κ2) is 6.95. The smallest absolute Gasteiger partial charge is 0.244 e. The molecule has 0 unspecified atom stereocenters. The van der Waals surface area contributed by atoms with Gasteiger partial charge in [-0.2, -0.15) is 5.10 Å². The average Bonchev–Trinajstić information content (AvgIpc) is 3.20. The Labute approximate surface area is 138 Å². The molecule has 3 rings (SSSR count). The summed E-state index contributed by atoms with van der Waals surface area (Å²) in [7, 11) is 1.81. The molecule has 0 bridgehead atoms. The predicted molar refractivity (Wildman–Crippen MR) is 88.2 cm³/mol. The Morgan fingerprint density at radius 3 is 2.92 bits per heavy atom. The second-order valence-corrected chi connectivity index (χ2v) is 5.26. The number of carbonyl (C=O) groups excluding carboxylic acids is 1. The highest BCUT2D eigenvalue weighted by Crippen LogP contribution is 2.25. The third-order valence-electron chi connectivity index (χ3n) is 3.39. The minimum Gasteiger partial charge on any atom is -0.457 e. The van der Waals surface area contributed by atoms with Gasteiger partial charge >= 0.3 is 0 Å². The molecule has 3 aromatic rings. The molecule has 1 aromatic carbocycles. The second-order valence-electron chi connectivity index (χ2n) is 5.26. The Kier molecular flexibility index (Phi) is 4.56. The van der Waals surface area contributed by atoms with E-state index in [-0.39, 0.29) is 11.7 Å². The molecule has 0 aliphatic rings. The van der Waals surface area contributed by atoms with E-state index in [0.29, 0.717) is 23.6 Å². The maximum Gasteiger partial charge on any atom is 0.244 e. The van der Waals surface area contributed by atoms with Crippen LogP contribution in [0.2, 0.25) is 0 Å². The molecule has 0 spiro atoms. The van der Waals surface area contributed by atoms with Gasteiger partial charge in [0, 0.05) is 31.4 Å². The van der Waals surface area contributed by atoms with Gasteiger partial charge in [0.15, 0.2) is 0 Å². The first-order valence-corrected chi connectivity index (χ1v) is 7.40. The summed E-state index contributed by atoms with van der Waals surface area (Å²) in [5, 5.41) is 6.78. The first-order chi connectivity index (χ1) is 11.6. The molecule has 0 saturated heterocycles. The Balaban J connectivity index is 1.60. The number of rotatable bonds is 5. The molecule has 6 heteroatoms. The topological polar surface area (TPSA) is 60.1 Å². The summed E-state index contributed by atoms with van der Waals surface area (Å²) in [5.74, 6) is 0.299. The number of amides is 1. The number of hydrogen-bond donors (Lipinski definition) is 1. The highest BCUT2D eigenvalue weighted by atomic mass is 19.1. The van der Waals surface area contributed by atoms with Gasteiger partial charge in [0.05, 0.1) is 11.8 Å². The Hall–Kier alpha value is -3.15. The molecular formula is C18H16FN3O2. The van der Waals surface area contributed by atoms with E-state index in [1.165, 1.54) is 12.1 Å². The number of halogens is 1. The average molecular weight is 325 g/mol. The molecule has 122 valence electrons. The van der Waals surface area contributed by atoms with Crippen LogP contribution in [0.1, 0.15) is 11.3 Å². The number of aromatic nitrogens is 2. The van der Waals surface area contributed by atoms with E-state index in [0.717, 1.165) is 5.56 Å². The molecule has 2 heterocycles. The lowest BCUT2D eigenvalue weighted by Crippen LogP contribution is -2.19. The first-order valence-electron chi connectivity index (χ1n) is 7.40. The van der Waals surface area contributed by atoms with Gasteiger partial charge in [-0.25, -0.2) is 4.39 Å². The fraction of sp³-hybridized carbons (Fsp3) is 0.111. The first kappa shape index (κ1) is 15.7. The Morgan fingerprint density at radius 2 is 2.17 bits per heavy atom. The van der Waals surface area contributed by atoms with Crippen LogP contribution >= 0.6 is 0 Å². The molecule has 5 nitrogen and oxygen atoms in total. The summed E-state index contributed by atoms with van der Waals surface area (Å²) in [6.07, 6.45) is 6.44. The predicted octanol–water partition coefficient (Wildman–Crippen LogP) is 3.15. The summed E-state index contributed by atoms with van der Waals surface area (Å²) in [6.45, 7) is 0.398. The van der Waals surface area contributed by atoms with Crippen LogP contribution in [-0.4, -0.2) is 15.7 Å². The van der Waals surface area contributed by atoms with Crippen molar-refractivity contribution in [2.75, 3.05) is 0 Å². The molecule has 0 atom stereocenters. The standard InChI is InChI=1S/C18H16FN3O2/c1-22-12-13(11-21-22)10-20-18(23)9-7-14-6-8-17(24-14)15-4-2-3-5-16(15)19/h2-9,11-12H,10H2,1H3,(H,20,23)/b9-7+. The van der Waals surface area contributed by atoms with Crippen LogP contribution in [0.3, 0.4) is 0 Å². The third-order valence-corrected chi connectivity index (χ3v) is 3.39. The van der Waals surface area contributed by atoms with Gasteiger partial charge in [-0.3, -0.25) is 9.48 Å². The minimum absolute atomic E-state index is 0.248. The van der Waals surface area contributed by atoms with Gasteiger partial charge in [0.25, 0.3) is 0 Å². The van der Waals surface area contributed by atoms with Crippen LogP contribution in [0.4, 0.5) is 4.39 Å². The van der Waals surface area contributed by atoms with Crippen LogP contribution in [0.5, 0.6) is 0 Å². The van der Waals surface area contributed by atoms with Crippen molar-refractivity contribution < 1.29 is 13.6 Å². The van der Waals surface area contributed by atoms with E-state index < -0.39 is 0 Å². The van der Waals surface area contributed by atoms with Crippen LogP contribution in [0.25, 0.3) is 17.4 Å². The maximum absolute atomic E-state index is 13.7. The van der Waals surface area contributed by atoms with Crippen molar-refractivity contribution in [2.24, 2.45) is 7.05 Å². The van der Waals surface area contributed by atoms with Gasteiger partial charge in [0.1, 0.15) is 17.3 Å². The Morgan fingerprint density at radius 1 is 1.33 bits per heavy atom. The summed E-state index contributed by atoms with van der Waals surface area (Å²) in [5.41, 5.74) is 1.30. The largest absolute Gasteiger partial charge is 0.457 e. The van der Waals surface area contributed by atoms with E-state index in [1.807, 2.05) is 13.2 Å². The van der Waals surface area contributed by atoms with Gasteiger partial charge in [-0.1, -0.05) is 12.1 Å². The molecule has 0 radical (unpaired) electrons. The molecule has 1 amide bonds. The van der Waals surface area contributed by atoms with E-state index in [4.69, 9.17) is 4.42 Å². The number of aryl methyl sites for hydroxylation is 1. The van der Waals surface area contributed by atoms with Crippen LogP contribution in [0, 0.1) is 5.82 Å². The zero-order chi connectivity index (χ0) is 16.9. The van der Waals surface area contributed by atoms with Gasteiger partial charge in [-0.15, -0.1) is 0 Å². The van der Waals surface area contributed by atoms with Crippen LogP contribution in [-0.2, 0) is 18.4 Å². The van der Waals surface area contributed by atoms with Crippen molar-refractivity contribution in [2.45, 2.75) is 6.54 Å². The molecule has 0 saturated carbocycles. The zero-order valence-electron chi connectivity index (χ0n) is 13.1. The third kappa shape index (κ3) is 3.78. The fourth-order valence-electron chi connectivity index (χ4n) is 2.22. The number of carbonyl (C=O) groups is 1. The van der Waals surface area contributed by atoms with Gasteiger partial charge < -0.3 is 9.73 Å². The van der Waals surface area contributed by atoms with Crippen molar-refractivity contribution in [3.05, 3.63) is 72.0 Å². The van der Waals surface area contributed by atoms with Gasteiger partial charge in [0.2, 0.25) is 5.91 Å². The highest BCUT2D eigenvalue weighted by Gasteiger charge is 2.08. The van der Waals surface area contributed by atoms with Crippen molar-refractivity contribution in [1.29, 1.82) is 0 Å². The monoisotopic (exact) mass is 325 g/mol. The minimum atomic E-state index is -0.350. The number of hydrogen-bond acceptors (Lipinski definition) is 3. The van der Waals surface area contributed by atoms with Crippen LogP contribution < -0.4 is 5.32 Å². The molecule has 24 heavy (non-hydrogen) atoms. The highest BCUT2D eigenvalue weighted by molar-refractivity contribution is 5.91. The molecule has 0 aliphatic carbocycles. The summed E-state index contributed by atoms with van der Waals surface area (Å²) in [6, 6.07) is 9.73. The summed E-state index contributed by atoms with van der Waals surface area (Å²) < 4.78 is 20.9. The van der Waals surface area contributed by atoms with Crippen molar-refractivity contribution >= 4 is 12.0 Å². The molecular weight excluding hydrogens is 309 g/mol. The number of nitrogens with one attached hydrogen (secondary N) is 1. The molecule has 0 aliphatic heterocycles. The molecule has 2 aromatic heterocycles. The van der Waals surface area contributed by atoms with Crippen molar-refractivity contribution in [3.63, 3.8) is 0 Å². The number of benzene rings is 1. The van der Waals surface area contributed by atoms with Crippen molar-refractivity contribution in [1.82, 2.24) is 15.1 Å². The van der Waals surface area contributed by atoms with Crippen molar-refractivity contribution in [3.8, 4) is 11.3 Å². The van der Waals surface area contributed by atoms with E-state index >= 15 is 0 Å². The Bertz CT molecular complexity index is 880. The maximum atomic E-state index is 13.7.